The van der Waals surface area contributed by atoms with Crippen LogP contribution in [0.5, 0.6) is 5.75 Å². The number of benzene rings is 1. The molecule has 1 aromatic carbocycles. The predicted molar refractivity (Wildman–Crippen MR) is 67.1 cm³/mol. The molecule has 1 aliphatic rings. The summed E-state index contributed by atoms with van der Waals surface area (Å²) in [6, 6.07) is 5.76. The summed E-state index contributed by atoms with van der Waals surface area (Å²) in [6.45, 7) is 2.96. The molecule has 0 fully saturated rings. The molecule has 0 bridgehead atoms. The van der Waals surface area contributed by atoms with E-state index in [2.05, 4.69) is 5.32 Å². The first kappa shape index (κ1) is 11.9. The van der Waals surface area contributed by atoms with Crippen molar-refractivity contribution in [1.82, 2.24) is 0 Å². The van der Waals surface area contributed by atoms with Crippen LogP contribution in [-0.2, 0) is 11.2 Å². The lowest BCUT2D eigenvalue weighted by Gasteiger charge is -2.18. The highest BCUT2D eigenvalue weighted by Gasteiger charge is 2.14. The summed E-state index contributed by atoms with van der Waals surface area (Å²) >= 11 is 0. The highest BCUT2D eigenvalue weighted by atomic mass is 16.5. The van der Waals surface area contributed by atoms with E-state index in [0.29, 0.717) is 6.54 Å². The molecule has 2 rings (SSSR count). The smallest absolute Gasteiger partial charge is 0.228 e. The average Bonchev–Trinajstić information content (AvgIpc) is 2.37. The highest BCUT2D eigenvalue weighted by molar-refractivity contribution is 5.92. The van der Waals surface area contributed by atoms with Crippen molar-refractivity contribution in [3.63, 3.8) is 0 Å². The molecule has 3 N–H and O–H groups in total. The fraction of sp³-hybridized carbons (Fsp3) is 0.462. The molecule has 0 aliphatic carbocycles. The number of ether oxygens (including phenoxy) is 1. The maximum absolute atomic E-state index is 11.7. The Morgan fingerprint density at radius 2 is 2.41 bits per heavy atom. The van der Waals surface area contributed by atoms with Crippen molar-refractivity contribution in [2.24, 2.45) is 11.7 Å². The van der Waals surface area contributed by atoms with Gasteiger partial charge in [0.25, 0.3) is 0 Å². The zero-order valence-corrected chi connectivity index (χ0v) is 10.0. The molecule has 4 nitrogen and oxygen atoms in total. The topological polar surface area (TPSA) is 64.4 Å². The van der Waals surface area contributed by atoms with Crippen molar-refractivity contribution >= 4 is 11.6 Å². The number of nitrogens with two attached hydrogens (primary N) is 1. The van der Waals surface area contributed by atoms with Gasteiger partial charge in [-0.1, -0.05) is 6.92 Å². The van der Waals surface area contributed by atoms with E-state index in [0.717, 1.165) is 36.4 Å². The van der Waals surface area contributed by atoms with Gasteiger partial charge in [-0.3, -0.25) is 4.79 Å². The van der Waals surface area contributed by atoms with E-state index >= 15 is 0 Å². The van der Waals surface area contributed by atoms with Gasteiger partial charge < -0.3 is 15.8 Å². The van der Waals surface area contributed by atoms with Gasteiger partial charge in [0.15, 0.2) is 0 Å². The molecular formula is C13H18N2O2. The van der Waals surface area contributed by atoms with Crippen LogP contribution in [0.2, 0.25) is 0 Å². The first-order valence-electron chi connectivity index (χ1n) is 5.97. The number of anilines is 1. The van der Waals surface area contributed by atoms with Crippen molar-refractivity contribution in [2.75, 3.05) is 18.5 Å². The second-order valence-corrected chi connectivity index (χ2v) is 4.40. The van der Waals surface area contributed by atoms with Crippen molar-refractivity contribution < 1.29 is 9.53 Å². The minimum atomic E-state index is -0.165. The molecule has 17 heavy (non-hydrogen) atoms. The molecule has 1 atom stereocenters. The highest BCUT2D eigenvalue weighted by Crippen LogP contribution is 2.27. The van der Waals surface area contributed by atoms with E-state index in [-0.39, 0.29) is 11.8 Å². The van der Waals surface area contributed by atoms with Gasteiger partial charge in [-0.05, 0) is 36.6 Å². The summed E-state index contributed by atoms with van der Waals surface area (Å²) in [5.41, 5.74) is 7.44. The Balaban J connectivity index is 2.09. The Kier molecular flexibility index (Phi) is 3.64. The number of nitrogens with one attached hydrogen (secondary N) is 1. The fourth-order valence-electron chi connectivity index (χ4n) is 1.81. The Bertz CT molecular complexity index is 418. The molecule has 92 valence electrons. The van der Waals surface area contributed by atoms with E-state index in [1.165, 1.54) is 0 Å². The van der Waals surface area contributed by atoms with Crippen molar-refractivity contribution in [2.45, 2.75) is 19.8 Å². The molecular weight excluding hydrogens is 216 g/mol. The van der Waals surface area contributed by atoms with Gasteiger partial charge in [0, 0.05) is 18.2 Å². The van der Waals surface area contributed by atoms with Crippen LogP contribution in [0.15, 0.2) is 18.2 Å². The minimum Gasteiger partial charge on any atom is -0.493 e. The Hall–Kier alpha value is -1.55. The Morgan fingerprint density at radius 1 is 1.59 bits per heavy atom. The van der Waals surface area contributed by atoms with E-state index in [1.54, 1.807) is 0 Å². The molecule has 4 heteroatoms. The number of amides is 1. The van der Waals surface area contributed by atoms with Crippen molar-refractivity contribution in [3.8, 4) is 5.75 Å². The number of hydrogen-bond acceptors (Lipinski definition) is 3. The van der Waals surface area contributed by atoms with Gasteiger partial charge in [0.2, 0.25) is 5.91 Å². The van der Waals surface area contributed by atoms with Crippen LogP contribution in [0.1, 0.15) is 18.9 Å². The van der Waals surface area contributed by atoms with Crippen molar-refractivity contribution in [3.05, 3.63) is 23.8 Å². The lowest BCUT2D eigenvalue weighted by atomic mass is 10.1. The van der Waals surface area contributed by atoms with Crippen molar-refractivity contribution in [1.29, 1.82) is 0 Å². The first-order valence-corrected chi connectivity index (χ1v) is 5.97. The number of rotatable bonds is 3. The third-order valence-corrected chi connectivity index (χ3v) is 2.98. The Morgan fingerprint density at radius 3 is 3.18 bits per heavy atom. The van der Waals surface area contributed by atoms with Gasteiger partial charge in [-0.15, -0.1) is 0 Å². The number of fused-ring (bicyclic) bond motifs is 1. The Labute approximate surface area is 101 Å². The number of aryl methyl sites for hydroxylation is 1. The van der Waals surface area contributed by atoms with Gasteiger partial charge in [0.05, 0.1) is 6.61 Å². The van der Waals surface area contributed by atoms with E-state index in [1.807, 2.05) is 25.1 Å². The molecule has 0 saturated carbocycles. The minimum absolute atomic E-state index is 0.0378. The van der Waals surface area contributed by atoms with Crippen LogP contribution in [-0.4, -0.2) is 19.1 Å². The number of carbonyl (C=O) groups is 1. The summed E-state index contributed by atoms with van der Waals surface area (Å²) in [5, 5.41) is 2.87. The summed E-state index contributed by atoms with van der Waals surface area (Å²) in [7, 11) is 0. The second kappa shape index (κ2) is 5.19. The normalized spacial score (nSPS) is 15.6. The number of hydrogen-bond donors (Lipinski definition) is 2. The van der Waals surface area contributed by atoms with E-state index in [9.17, 15) is 4.79 Å². The quantitative estimate of drug-likeness (QED) is 0.834. The maximum Gasteiger partial charge on any atom is 0.228 e. The largest absolute Gasteiger partial charge is 0.493 e. The van der Waals surface area contributed by atoms with Gasteiger partial charge in [-0.2, -0.15) is 0 Å². The van der Waals surface area contributed by atoms with Crippen LogP contribution in [0.4, 0.5) is 5.69 Å². The molecule has 1 aliphatic heterocycles. The second-order valence-electron chi connectivity index (χ2n) is 4.40. The third-order valence-electron chi connectivity index (χ3n) is 2.98. The standard InChI is InChI=1S/C13H18N2O2/c1-9(8-14)13(16)15-11-4-5-12-10(7-11)3-2-6-17-12/h4-5,7,9H,2-3,6,8,14H2,1H3,(H,15,16). The molecule has 1 unspecified atom stereocenters. The average molecular weight is 234 g/mol. The maximum atomic E-state index is 11.7. The predicted octanol–water partition coefficient (Wildman–Crippen LogP) is 1.54. The molecule has 0 saturated heterocycles. The van der Waals surface area contributed by atoms with Crippen LogP contribution < -0.4 is 15.8 Å². The summed E-state index contributed by atoms with van der Waals surface area (Å²) in [6.07, 6.45) is 2.04. The molecule has 0 aromatic heterocycles. The zero-order valence-electron chi connectivity index (χ0n) is 10.0. The lowest BCUT2D eigenvalue weighted by molar-refractivity contribution is -0.119. The SMILES string of the molecule is CC(CN)C(=O)Nc1ccc2c(c1)CCCO2. The first-order chi connectivity index (χ1) is 8.20. The fourth-order valence-corrected chi connectivity index (χ4v) is 1.81. The summed E-state index contributed by atoms with van der Waals surface area (Å²) in [5.74, 6) is 0.729. The molecule has 0 spiro atoms. The van der Waals surface area contributed by atoms with Crippen LogP contribution in [0, 0.1) is 5.92 Å². The van der Waals surface area contributed by atoms with Crippen LogP contribution >= 0.6 is 0 Å². The number of carbonyl (C=O) groups excluding carboxylic acids is 1. The van der Waals surface area contributed by atoms with Gasteiger partial charge >= 0.3 is 0 Å². The molecule has 1 heterocycles. The molecule has 0 radical (unpaired) electrons. The molecule has 1 amide bonds. The third kappa shape index (κ3) is 2.77. The monoisotopic (exact) mass is 234 g/mol. The van der Waals surface area contributed by atoms with Gasteiger partial charge in [0.1, 0.15) is 5.75 Å². The zero-order chi connectivity index (χ0) is 12.3. The summed E-state index contributed by atoms with van der Waals surface area (Å²) < 4.78 is 5.52. The van der Waals surface area contributed by atoms with E-state index < -0.39 is 0 Å². The summed E-state index contributed by atoms with van der Waals surface area (Å²) in [4.78, 5) is 11.7. The van der Waals surface area contributed by atoms with Gasteiger partial charge in [-0.25, -0.2) is 0 Å². The van der Waals surface area contributed by atoms with E-state index in [4.69, 9.17) is 10.5 Å². The lowest BCUT2D eigenvalue weighted by Crippen LogP contribution is -2.26. The van der Waals surface area contributed by atoms with Crippen LogP contribution in [0.3, 0.4) is 0 Å². The molecule has 1 aromatic rings. The van der Waals surface area contributed by atoms with Crippen LogP contribution in [0.25, 0.3) is 0 Å².